The van der Waals surface area contributed by atoms with E-state index in [1.807, 2.05) is 19.1 Å². The molecule has 0 aliphatic carbocycles. The number of rotatable bonds is 6. The van der Waals surface area contributed by atoms with Gasteiger partial charge in [0.15, 0.2) is 0 Å². The highest BCUT2D eigenvalue weighted by Gasteiger charge is 2.10. The molecule has 1 unspecified atom stereocenters. The van der Waals surface area contributed by atoms with Crippen LogP contribution in [0.3, 0.4) is 0 Å². The number of furan rings is 1. The van der Waals surface area contributed by atoms with Crippen LogP contribution >= 0.6 is 11.6 Å². The predicted octanol–water partition coefficient (Wildman–Crippen LogP) is 4.58. The zero-order valence-electron chi connectivity index (χ0n) is 10.8. The summed E-state index contributed by atoms with van der Waals surface area (Å²) in [6.07, 6.45) is 2.33. The van der Waals surface area contributed by atoms with Crippen molar-refractivity contribution >= 4 is 17.3 Å². The Kier molecular flexibility index (Phi) is 4.84. The van der Waals surface area contributed by atoms with E-state index in [-0.39, 0.29) is 16.8 Å². The van der Waals surface area contributed by atoms with E-state index in [9.17, 15) is 8.78 Å². The minimum Gasteiger partial charge on any atom is -0.469 e. The van der Waals surface area contributed by atoms with E-state index in [2.05, 4.69) is 10.1 Å². The molecule has 0 amide bonds. The van der Waals surface area contributed by atoms with Crippen molar-refractivity contribution in [1.29, 1.82) is 0 Å². The first-order chi connectivity index (χ1) is 9.54. The van der Waals surface area contributed by atoms with E-state index in [1.54, 1.807) is 18.4 Å². The van der Waals surface area contributed by atoms with Gasteiger partial charge in [-0.1, -0.05) is 11.6 Å². The van der Waals surface area contributed by atoms with Crippen molar-refractivity contribution in [3.8, 4) is 5.75 Å². The molecule has 6 heteroatoms. The van der Waals surface area contributed by atoms with Gasteiger partial charge in [0.2, 0.25) is 0 Å². The van der Waals surface area contributed by atoms with Crippen molar-refractivity contribution in [3.63, 3.8) is 0 Å². The van der Waals surface area contributed by atoms with Gasteiger partial charge < -0.3 is 14.5 Å². The van der Waals surface area contributed by atoms with Crippen molar-refractivity contribution in [1.82, 2.24) is 0 Å². The molecule has 0 fully saturated rings. The van der Waals surface area contributed by atoms with Crippen molar-refractivity contribution in [3.05, 3.63) is 47.4 Å². The molecule has 108 valence electrons. The zero-order valence-corrected chi connectivity index (χ0v) is 11.5. The first-order valence-electron chi connectivity index (χ1n) is 6.08. The molecule has 1 N–H and O–H groups in total. The second-order valence-electron chi connectivity index (χ2n) is 4.35. The number of hydrogen-bond donors (Lipinski definition) is 1. The number of anilines is 1. The molecule has 3 nitrogen and oxygen atoms in total. The van der Waals surface area contributed by atoms with Gasteiger partial charge in [-0.25, -0.2) is 0 Å². The lowest BCUT2D eigenvalue weighted by atomic mass is 10.2. The quantitative estimate of drug-likeness (QED) is 0.848. The van der Waals surface area contributed by atoms with Crippen molar-refractivity contribution in [2.24, 2.45) is 0 Å². The minimum absolute atomic E-state index is 0.0362. The topological polar surface area (TPSA) is 34.4 Å². The van der Waals surface area contributed by atoms with Gasteiger partial charge >= 0.3 is 6.61 Å². The van der Waals surface area contributed by atoms with Crippen LogP contribution in [0.1, 0.15) is 12.7 Å². The summed E-state index contributed by atoms with van der Waals surface area (Å²) in [7, 11) is 0. The van der Waals surface area contributed by atoms with Crippen LogP contribution in [0.2, 0.25) is 5.02 Å². The molecule has 1 heterocycles. The first kappa shape index (κ1) is 14.7. The van der Waals surface area contributed by atoms with Crippen LogP contribution in [0.4, 0.5) is 14.5 Å². The average molecular weight is 302 g/mol. The fourth-order valence-corrected chi connectivity index (χ4v) is 2.07. The minimum atomic E-state index is -2.89. The van der Waals surface area contributed by atoms with Gasteiger partial charge in [-0.3, -0.25) is 0 Å². The summed E-state index contributed by atoms with van der Waals surface area (Å²) >= 11 is 5.88. The van der Waals surface area contributed by atoms with E-state index in [1.165, 1.54) is 6.07 Å². The standard InChI is InChI=1S/C14H14ClF2NO2/c1-9(7-11-3-2-6-19-11)18-10-4-5-13(12(15)8-10)20-14(16)17/h2-6,8-9,14,18H,7H2,1H3. The highest BCUT2D eigenvalue weighted by Crippen LogP contribution is 2.29. The monoisotopic (exact) mass is 301 g/mol. The van der Waals surface area contributed by atoms with Gasteiger partial charge in [-0.15, -0.1) is 0 Å². The Morgan fingerprint density at radius 2 is 2.15 bits per heavy atom. The zero-order chi connectivity index (χ0) is 14.5. The highest BCUT2D eigenvalue weighted by molar-refractivity contribution is 6.32. The number of hydrogen-bond acceptors (Lipinski definition) is 3. The summed E-state index contributed by atoms with van der Waals surface area (Å²) < 4.78 is 33.8. The number of halogens is 3. The van der Waals surface area contributed by atoms with Gasteiger partial charge in [0.05, 0.1) is 11.3 Å². The molecular weight excluding hydrogens is 288 g/mol. The van der Waals surface area contributed by atoms with Crippen molar-refractivity contribution in [2.75, 3.05) is 5.32 Å². The largest absolute Gasteiger partial charge is 0.469 e. The maximum absolute atomic E-state index is 12.1. The number of benzene rings is 1. The van der Waals surface area contributed by atoms with Crippen LogP contribution < -0.4 is 10.1 Å². The SMILES string of the molecule is CC(Cc1ccco1)Nc1ccc(OC(F)F)c(Cl)c1. The molecule has 2 rings (SSSR count). The fourth-order valence-electron chi connectivity index (χ4n) is 1.85. The Bertz CT molecular complexity index is 546. The number of ether oxygens (including phenoxy) is 1. The molecule has 0 spiro atoms. The maximum Gasteiger partial charge on any atom is 0.387 e. The predicted molar refractivity (Wildman–Crippen MR) is 73.6 cm³/mol. The third-order valence-electron chi connectivity index (χ3n) is 2.65. The Hall–Kier alpha value is -1.75. The van der Waals surface area contributed by atoms with E-state index in [0.29, 0.717) is 6.42 Å². The maximum atomic E-state index is 12.1. The van der Waals surface area contributed by atoms with E-state index >= 15 is 0 Å². The fraction of sp³-hybridized carbons (Fsp3) is 0.286. The van der Waals surface area contributed by atoms with Crippen LogP contribution in [0.15, 0.2) is 41.0 Å². The molecule has 0 aliphatic rings. The van der Waals surface area contributed by atoms with E-state index in [0.717, 1.165) is 11.4 Å². The average Bonchev–Trinajstić information content (AvgIpc) is 2.85. The van der Waals surface area contributed by atoms with Gasteiger partial charge in [-0.05, 0) is 37.3 Å². The Morgan fingerprint density at radius 1 is 1.35 bits per heavy atom. The number of nitrogens with one attached hydrogen (secondary N) is 1. The third-order valence-corrected chi connectivity index (χ3v) is 2.94. The van der Waals surface area contributed by atoms with E-state index in [4.69, 9.17) is 16.0 Å². The molecular formula is C14H14ClF2NO2. The second kappa shape index (κ2) is 6.61. The molecule has 1 aromatic heterocycles. The highest BCUT2D eigenvalue weighted by atomic mass is 35.5. The normalized spacial score (nSPS) is 12.4. The van der Waals surface area contributed by atoms with Crippen LogP contribution in [0, 0.1) is 0 Å². The van der Waals surface area contributed by atoms with Crippen molar-refractivity contribution in [2.45, 2.75) is 26.0 Å². The lowest BCUT2D eigenvalue weighted by Gasteiger charge is -2.15. The molecule has 1 atom stereocenters. The first-order valence-corrected chi connectivity index (χ1v) is 6.45. The van der Waals surface area contributed by atoms with Crippen LogP contribution in [0.5, 0.6) is 5.75 Å². The Balaban J connectivity index is 1.97. The summed E-state index contributed by atoms with van der Waals surface area (Å²) in [5, 5.41) is 3.35. The molecule has 0 bridgehead atoms. The lowest BCUT2D eigenvalue weighted by Crippen LogP contribution is -2.17. The van der Waals surface area contributed by atoms with Gasteiger partial charge in [0.1, 0.15) is 11.5 Å². The molecule has 20 heavy (non-hydrogen) atoms. The third kappa shape index (κ3) is 4.13. The molecule has 0 radical (unpaired) electrons. The molecule has 0 saturated heterocycles. The molecule has 2 aromatic rings. The smallest absolute Gasteiger partial charge is 0.387 e. The Morgan fingerprint density at radius 3 is 2.75 bits per heavy atom. The Labute approximate surface area is 120 Å². The van der Waals surface area contributed by atoms with E-state index < -0.39 is 6.61 Å². The summed E-state index contributed by atoms with van der Waals surface area (Å²) in [5.41, 5.74) is 0.732. The summed E-state index contributed by atoms with van der Waals surface area (Å²) in [4.78, 5) is 0. The molecule has 0 saturated carbocycles. The summed E-state index contributed by atoms with van der Waals surface area (Å²) in [6.45, 7) is -0.899. The molecule has 1 aromatic carbocycles. The van der Waals surface area contributed by atoms with Crippen LogP contribution in [-0.4, -0.2) is 12.7 Å². The van der Waals surface area contributed by atoms with Crippen molar-refractivity contribution < 1.29 is 17.9 Å². The van der Waals surface area contributed by atoms with Gasteiger partial charge in [0.25, 0.3) is 0 Å². The molecule has 0 aliphatic heterocycles. The summed E-state index contributed by atoms with van der Waals surface area (Å²) in [6, 6.07) is 8.44. The summed E-state index contributed by atoms with van der Waals surface area (Å²) in [5.74, 6) is 0.833. The van der Waals surface area contributed by atoms with Crippen LogP contribution in [-0.2, 0) is 6.42 Å². The lowest BCUT2D eigenvalue weighted by molar-refractivity contribution is -0.0497. The van der Waals surface area contributed by atoms with Crippen LogP contribution in [0.25, 0.3) is 0 Å². The van der Waals surface area contributed by atoms with Gasteiger partial charge in [-0.2, -0.15) is 8.78 Å². The second-order valence-corrected chi connectivity index (χ2v) is 4.76. The van der Waals surface area contributed by atoms with Gasteiger partial charge in [0, 0.05) is 18.2 Å². The number of alkyl halides is 2.